The van der Waals surface area contributed by atoms with Gasteiger partial charge in [-0.3, -0.25) is 4.79 Å². The number of para-hydroxylation sites is 1. The van der Waals surface area contributed by atoms with Gasteiger partial charge in [0.25, 0.3) is 5.91 Å². The molecule has 0 spiro atoms. The van der Waals surface area contributed by atoms with Crippen LogP contribution in [0.4, 0.5) is 5.69 Å². The average Bonchev–Trinajstić information content (AvgIpc) is 3.44. The Labute approximate surface area is 141 Å². The maximum Gasteiger partial charge on any atom is 0.341 e. The summed E-state index contributed by atoms with van der Waals surface area (Å²) in [7, 11) is 1.74. The molecule has 1 aliphatic rings. The Kier molecular flexibility index (Phi) is 4.79. The number of hydrogen-bond acceptors (Lipinski definition) is 4. The van der Waals surface area contributed by atoms with E-state index in [-0.39, 0.29) is 11.9 Å². The van der Waals surface area contributed by atoms with Crippen LogP contribution in [0.1, 0.15) is 34.9 Å². The summed E-state index contributed by atoms with van der Waals surface area (Å²) in [5, 5.41) is 5.87. The van der Waals surface area contributed by atoms with Gasteiger partial charge in [0.1, 0.15) is 0 Å². The second-order valence-corrected chi connectivity index (χ2v) is 5.77. The van der Waals surface area contributed by atoms with Gasteiger partial charge in [0.15, 0.2) is 0 Å². The van der Waals surface area contributed by atoms with E-state index in [1.165, 1.54) is 0 Å². The van der Waals surface area contributed by atoms with Gasteiger partial charge in [-0.1, -0.05) is 42.5 Å². The van der Waals surface area contributed by atoms with Crippen molar-refractivity contribution in [2.45, 2.75) is 25.0 Å². The van der Waals surface area contributed by atoms with Gasteiger partial charge in [-0.25, -0.2) is 4.79 Å². The van der Waals surface area contributed by atoms with Crippen LogP contribution in [0.15, 0.2) is 54.6 Å². The normalized spacial score (nSPS) is 14.5. The first-order valence-corrected chi connectivity index (χ1v) is 8.02. The van der Waals surface area contributed by atoms with E-state index >= 15 is 0 Å². The third-order valence-corrected chi connectivity index (χ3v) is 3.91. The molecule has 3 rings (SSSR count). The topological polar surface area (TPSA) is 67.4 Å². The summed E-state index contributed by atoms with van der Waals surface area (Å²) < 4.78 is 5.56. The lowest BCUT2D eigenvalue weighted by Gasteiger charge is -2.19. The number of amides is 1. The molecule has 1 atom stereocenters. The number of carbonyl (C=O) groups excluding carboxylic acids is 2. The number of benzene rings is 2. The molecule has 124 valence electrons. The van der Waals surface area contributed by atoms with E-state index in [1.807, 2.05) is 24.3 Å². The number of nitrogens with one attached hydrogen (secondary N) is 2. The predicted octanol–water partition coefficient (Wildman–Crippen LogP) is 2.91. The van der Waals surface area contributed by atoms with Crippen LogP contribution in [0.25, 0.3) is 0 Å². The quantitative estimate of drug-likeness (QED) is 0.802. The molecular formula is C19H20N2O3. The third-order valence-electron chi connectivity index (χ3n) is 3.91. The molecular weight excluding hydrogens is 304 g/mol. The van der Waals surface area contributed by atoms with E-state index < -0.39 is 12.1 Å². The summed E-state index contributed by atoms with van der Waals surface area (Å²) in [5.41, 5.74) is 1.73. The standard InChI is InChI=1S/C19H20N2O3/c1-20-16-10-6-5-9-15(16)19(23)24-17(13-7-3-2-4-8-13)18(22)21-14-11-12-14/h2-10,14,17,20H,11-12H2,1H3,(H,21,22)/t17-/m1/s1. The molecule has 0 heterocycles. The van der Waals surface area contributed by atoms with Gasteiger partial charge < -0.3 is 15.4 Å². The van der Waals surface area contributed by atoms with Crippen molar-refractivity contribution in [2.75, 3.05) is 12.4 Å². The van der Waals surface area contributed by atoms with E-state index in [4.69, 9.17) is 4.74 Å². The van der Waals surface area contributed by atoms with Crippen molar-refractivity contribution in [1.29, 1.82) is 0 Å². The molecule has 24 heavy (non-hydrogen) atoms. The molecule has 2 N–H and O–H groups in total. The minimum Gasteiger partial charge on any atom is -0.444 e. The van der Waals surface area contributed by atoms with Gasteiger partial charge in [-0.2, -0.15) is 0 Å². The van der Waals surface area contributed by atoms with Crippen LogP contribution in [-0.2, 0) is 9.53 Å². The molecule has 0 radical (unpaired) electrons. The van der Waals surface area contributed by atoms with Crippen LogP contribution < -0.4 is 10.6 Å². The maximum absolute atomic E-state index is 12.6. The molecule has 1 aliphatic carbocycles. The second kappa shape index (κ2) is 7.17. The largest absolute Gasteiger partial charge is 0.444 e. The summed E-state index contributed by atoms with van der Waals surface area (Å²) in [6.07, 6.45) is 0.998. The first-order chi connectivity index (χ1) is 11.7. The molecule has 5 heteroatoms. The lowest BCUT2D eigenvalue weighted by molar-refractivity contribution is -0.130. The number of ether oxygens (including phenoxy) is 1. The molecule has 0 unspecified atom stereocenters. The van der Waals surface area contributed by atoms with E-state index in [0.29, 0.717) is 16.8 Å². The number of anilines is 1. The van der Waals surface area contributed by atoms with Crippen LogP contribution in [0, 0.1) is 0 Å². The van der Waals surface area contributed by atoms with Gasteiger partial charge in [-0.15, -0.1) is 0 Å². The molecule has 2 aromatic carbocycles. The van der Waals surface area contributed by atoms with Crippen LogP contribution in [0.3, 0.4) is 0 Å². The van der Waals surface area contributed by atoms with Crippen molar-refractivity contribution in [2.24, 2.45) is 0 Å². The SMILES string of the molecule is CNc1ccccc1C(=O)O[C@@H](C(=O)NC1CC1)c1ccccc1. The van der Waals surface area contributed by atoms with Gasteiger partial charge >= 0.3 is 5.97 Å². The zero-order valence-corrected chi connectivity index (χ0v) is 13.5. The second-order valence-electron chi connectivity index (χ2n) is 5.77. The van der Waals surface area contributed by atoms with Crippen LogP contribution in [-0.4, -0.2) is 25.0 Å². The Bertz CT molecular complexity index is 726. The van der Waals surface area contributed by atoms with Crippen molar-refractivity contribution in [3.63, 3.8) is 0 Å². The molecule has 5 nitrogen and oxygen atoms in total. The highest BCUT2D eigenvalue weighted by Crippen LogP contribution is 2.25. The molecule has 0 bridgehead atoms. The molecule has 1 amide bonds. The zero-order valence-electron chi connectivity index (χ0n) is 13.5. The zero-order chi connectivity index (χ0) is 16.9. The average molecular weight is 324 g/mol. The summed E-state index contributed by atoms with van der Waals surface area (Å²) in [4.78, 5) is 25.1. The first kappa shape index (κ1) is 16.1. The van der Waals surface area contributed by atoms with Crippen molar-refractivity contribution in [3.05, 3.63) is 65.7 Å². The predicted molar refractivity (Wildman–Crippen MR) is 91.8 cm³/mol. The molecule has 0 aromatic heterocycles. The van der Waals surface area contributed by atoms with E-state index in [2.05, 4.69) is 10.6 Å². The third kappa shape index (κ3) is 3.74. The molecule has 2 aromatic rings. The Balaban J connectivity index is 1.83. The lowest BCUT2D eigenvalue weighted by atomic mass is 10.1. The molecule has 0 aliphatic heterocycles. The molecule has 1 fully saturated rings. The fourth-order valence-electron chi connectivity index (χ4n) is 2.45. The summed E-state index contributed by atoms with van der Waals surface area (Å²) in [6, 6.07) is 16.3. The van der Waals surface area contributed by atoms with Crippen LogP contribution >= 0.6 is 0 Å². The highest BCUT2D eigenvalue weighted by atomic mass is 16.5. The highest BCUT2D eigenvalue weighted by molar-refractivity contribution is 5.97. The van der Waals surface area contributed by atoms with Crippen LogP contribution in [0.5, 0.6) is 0 Å². The minimum absolute atomic E-state index is 0.201. The van der Waals surface area contributed by atoms with Gasteiger partial charge in [-0.05, 0) is 25.0 Å². The number of carbonyl (C=O) groups is 2. The summed E-state index contributed by atoms with van der Waals surface area (Å²) in [5.74, 6) is -0.807. The fourth-order valence-corrected chi connectivity index (χ4v) is 2.45. The van der Waals surface area contributed by atoms with Crippen molar-refractivity contribution < 1.29 is 14.3 Å². The van der Waals surface area contributed by atoms with Crippen molar-refractivity contribution >= 4 is 17.6 Å². The minimum atomic E-state index is -0.954. The first-order valence-electron chi connectivity index (χ1n) is 8.02. The monoisotopic (exact) mass is 324 g/mol. The maximum atomic E-state index is 12.6. The summed E-state index contributed by atoms with van der Waals surface area (Å²) in [6.45, 7) is 0. The van der Waals surface area contributed by atoms with Gasteiger partial charge in [0.2, 0.25) is 6.10 Å². The Morgan fingerprint density at radius 1 is 1.04 bits per heavy atom. The van der Waals surface area contributed by atoms with E-state index in [0.717, 1.165) is 12.8 Å². The van der Waals surface area contributed by atoms with Crippen LogP contribution in [0.2, 0.25) is 0 Å². The van der Waals surface area contributed by atoms with E-state index in [9.17, 15) is 9.59 Å². The lowest BCUT2D eigenvalue weighted by Crippen LogP contribution is -2.33. The Morgan fingerprint density at radius 2 is 1.71 bits per heavy atom. The van der Waals surface area contributed by atoms with Gasteiger partial charge in [0.05, 0.1) is 5.56 Å². The van der Waals surface area contributed by atoms with Crippen molar-refractivity contribution in [1.82, 2.24) is 5.32 Å². The molecule has 0 saturated heterocycles. The Hall–Kier alpha value is -2.82. The fraction of sp³-hybridized carbons (Fsp3) is 0.263. The van der Waals surface area contributed by atoms with E-state index in [1.54, 1.807) is 37.4 Å². The smallest absolute Gasteiger partial charge is 0.341 e. The molecule has 1 saturated carbocycles. The number of rotatable bonds is 6. The number of esters is 1. The summed E-state index contributed by atoms with van der Waals surface area (Å²) >= 11 is 0. The van der Waals surface area contributed by atoms with Crippen molar-refractivity contribution in [3.8, 4) is 0 Å². The Morgan fingerprint density at radius 3 is 2.38 bits per heavy atom. The highest BCUT2D eigenvalue weighted by Gasteiger charge is 2.31. The van der Waals surface area contributed by atoms with Gasteiger partial charge in [0, 0.05) is 24.3 Å². The number of hydrogen-bond donors (Lipinski definition) is 2.